The number of anilines is 1. The van der Waals surface area contributed by atoms with Gasteiger partial charge in [0.2, 0.25) is 5.91 Å². The zero-order valence-electron chi connectivity index (χ0n) is 14.9. The second-order valence-corrected chi connectivity index (χ2v) is 8.02. The quantitative estimate of drug-likeness (QED) is 0.843. The van der Waals surface area contributed by atoms with Crippen LogP contribution in [-0.2, 0) is 15.6 Å². The van der Waals surface area contributed by atoms with E-state index in [0.717, 1.165) is 23.9 Å². The first-order valence-electron chi connectivity index (χ1n) is 7.95. The Labute approximate surface area is 133 Å². The van der Waals surface area contributed by atoms with Gasteiger partial charge in [-0.2, -0.15) is 0 Å². The molecule has 5 nitrogen and oxygen atoms in total. The summed E-state index contributed by atoms with van der Waals surface area (Å²) in [6.07, 6.45) is 0. The molecule has 0 spiro atoms. The molecule has 1 amide bonds. The average Bonchev–Trinajstić information content (AvgIpc) is 2.77. The van der Waals surface area contributed by atoms with Crippen LogP contribution in [0.1, 0.15) is 60.0 Å². The normalized spacial score (nSPS) is 16.6. The first-order chi connectivity index (χ1) is 10.0. The minimum Gasteiger partial charge on any atom is -0.329 e. The summed E-state index contributed by atoms with van der Waals surface area (Å²) in [5, 5.41) is 0. The van der Waals surface area contributed by atoms with E-state index in [0.29, 0.717) is 13.2 Å². The predicted molar refractivity (Wildman–Crippen MR) is 89.0 cm³/mol. The first kappa shape index (κ1) is 16.7. The van der Waals surface area contributed by atoms with Crippen molar-refractivity contribution in [2.75, 3.05) is 24.7 Å². The van der Waals surface area contributed by atoms with Crippen molar-refractivity contribution in [3.05, 3.63) is 17.6 Å². The van der Waals surface area contributed by atoms with Crippen LogP contribution in [-0.4, -0.2) is 40.5 Å². The van der Waals surface area contributed by atoms with Gasteiger partial charge in [0.05, 0.1) is 12.4 Å². The van der Waals surface area contributed by atoms with Crippen LogP contribution in [0.15, 0.2) is 6.07 Å². The fraction of sp³-hybridized carbons (Fsp3) is 0.706. The van der Waals surface area contributed by atoms with Crippen LogP contribution in [0.25, 0.3) is 0 Å². The molecule has 2 heterocycles. The molecule has 0 aromatic carbocycles. The van der Waals surface area contributed by atoms with Gasteiger partial charge in [-0.05, 0) is 6.92 Å². The van der Waals surface area contributed by atoms with Crippen LogP contribution in [0.4, 0.5) is 5.82 Å². The van der Waals surface area contributed by atoms with Crippen molar-refractivity contribution < 1.29 is 4.79 Å². The van der Waals surface area contributed by atoms with Crippen molar-refractivity contribution in [1.29, 1.82) is 0 Å². The Morgan fingerprint density at radius 2 is 1.73 bits per heavy atom. The number of amides is 1. The zero-order valence-corrected chi connectivity index (χ0v) is 14.9. The highest BCUT2D eigenvalue weighted by molar-refractivity contribution is 5.84. The lowest BCUT2D eigenvalue weighted by Crippen LogP contribution is -2.29. The highest BCUT2D eigenvalue weighted by Crippen LogP contribution is 2.29. The van der Waals surface area contributed by atoms with Gasteiger partial charge in [-0.3, -0.25) is 4.79 Å². The minimum atomic E-state index is -0.121. The second-order valence-electron chi connectivity index (χ2n) is 8.02. The lowest BCUT2D eigenvalue weighted by atomic mass is 9.90. The standard InChI is InChI=1S/C17H28N4O/c1-8-20-11-21(10-14(20)22)13-9-12(16(2,3)4)18-15(19-13)17(5,6)7/h9H,8,10-11H2,1-7H3. The summed E-state index contributed by atoms with van der Waals surface area (Å²) in [6, 6.07) is 2.03. The van der Waals surface area contributed by atoms with Gasteiger partial charge < -0.3 is 9.80 Å². The number of rotatable bonds is 2. The molecular formula is C17H28N4O. The summed E-state index contributed by atoms with van der Waals surface area (Å²) in [5.74, 6) is 1.85. The number of carbonyl (C=O) groups excluding carboxylic acids is 1. The van der Waals surface area contributed by atoms with Crippen molar-refractivity contribution in [2.24, 2.45) is 0 Å². The Morgan fingerprint density at radius 3 is 2.18 bits per heavy atom. The molecular weight excluding hydrogens is 276 g/mol. The molecule has 1 aliphatic rings. The lowest BCUT2D eigenvalue weighted by Gasteiger charge is -2.26. The van der Waals surface area contributed by atoms with E-state index in [-0.39, 0.29) is 16.7 Å². The molecule has 1 saturated heterocycles. The largest absolute Gasteiger partial charge is 0.329 e. The summed E-state index contributed by atoms with van der Waals surface area (Å²) < 4.78 is 0. The smallest absolute Gasteiger partial charge is 0.243 e. The third-order valence-corrected chi connectivity index (χ3v) is 3.88. The zero-order chi connectivity index (χ0) is 16.7. The van der Waals surface area contributed by atoms with Crippen LogP contribution < -0.4 is 4.90 Å². The summed E-state index contributed by atoms with van der Waals surface area (Å²) in [4.78, 5) is 25.4. The van der Waals surface area contributed by atoms with E-state index < -0.39 is 0 Å². The van der Waals surface area contributed by atoms with Crippen molar-refractivity contribution in [3.8, 4) is 0 Å². The Bertz CT molecular complexity index is 537. The van der Waals surface area contributed by atoms with Crippen molar-refractivity contribution in [3.63, 3.8) is 0 Å². The molecule has 122 valence electrons. The van der Waals surface area contributed by atoms with Crippen LogP contribution in [0, 0.1) is 0 Å². The maximum Gasteiger partial charge on any atom is 0.243 e. The number of hydrogen-bond acceptors (Lipinski definition) is 4. The molecule has 22 heavy (non-hydrogen) atoms. The molecule has 1 aliphatic heterocycles. The van der Waals surface area contributed by atoms with Crippen LogP contribution in [0.5, 0.6) is 0 Å². The van der Waals surface area contributed by atoms with Gasteiger partial charge in [0.25, 0.3) is 0 Å². The Morgan fingerprint density at radius 1 is 1.09 bits per heavy atom. The van der Waals surface area contributed by atoms with E-state index in [9.17, 15) is 4.79 Å². The molecule has 1 fully saturated rings. The van der Waals surface area contributed by atoms with Gasteiger partial charge in [0.15, 0.2) is 0 Å². The van der Waals surface area contributed by atoms with Gasteiger partial charge in [0.1, 0.15) is 18.2 Å². The van der Waals surface area contributed by atoms with Gasteiger partial charge in [-0.25, -0.2) is 9.97 Å². The molecule has 0 aliphatic carbocycles. The third-order valence-electron chi connectivity index (χ3n) is 3.88. The summed E-state index contributed by atoms with van der Waals surface area (Å²) in [7, 11) is 0. The second kappa shape index (κ2) is 5.52. The monoisotopic (exact) mass is 304 g/mol. The summed E-state index contributed by atoms with van der Waals surface area (Å²) in [5.41, 5.74) is 0.848. The van der Waals surface area contributed by atoms with Gasteiger partial charge in [-0.15, -0.1) is 0 Å². The number of carbonyl (C=O) groups is 1. The van der Waals surface area contributed by atoms with E-state index in [1.54, 1.807) is 0 Å². The van der Waals surface area contributed by atoms with Crippen LogP contribution >= 0.6 is 0 Å². The number of aromatic nitrogens is 2. The van der Waals surface area contributed by atoms with Crippen molar-refractivity contribution in [1.82, 2.24) is 14.9 Å². The fourth-order valence-corrected chi connectivity index (χ4v) is 2.34. The van der Waals surface area contributed by atoms with E-state index in [1.165, 1.54) is 0 Å². The first-order valence-corrected chi connectivity index (χ1v) is 7.95. The third kappa shape index (κ3) is 3.39. The molecule has 2 rings (SSSR count). The SMILES string of the molecule is CCN1CN(c2cc(C(C)(C)C)nc(C(C)(C)C)n2)CC1=O. The van der Waals surface area contributed by atoms with E-state index in [4.69, 9.17) is 9.97 Å². The molecule has 0 saturated carbocycles. The molecule has 1 aromatic rings. The number of hydrogen-bond donors (Lipinski definition) is 0. The maximum atomic E-state index is 12.0. The number of likely N-dealkylation sites (N-methyl/N-ethyl adjacent to an activating group) is 1. The Hall–Kier alpha value is -1.65. The number of nitrogens with zero attached hydrogens (tertiary/aromatic N) is 4. The predicted octanol–water partition coefficient (Wildman–Crippen LogP) is 2.70. The van der Waals surface area contributed by atoms with E-state index >= 15 is 0 Å². The molecule has 5 heteroatoms. The molecule has 0 radical (unpaired) electrons. The lowest BCUT2D eigenvalue weighted by molar-refractivity contribution is -0.126. The fourth-order valence-electron chi connectivity index (χ4n) is 2.34. The van der Waals surface area contributed by atoms with Gasteiger partial charge in [-0.1, -0.05) is 41.5 Å². The van der Waals surface area contributed by atoms with Gasteiger partial charge in [0, 0.05) is 23.4 Å². The Balaban J connectivity index is 2.45. The minimum absolute atomic E-state index is 0.0497. The average molecular weight is 304 g/mol. The van der Waals surface area contributed by atoms with Crippen LogP contribution in [0.2, 0.25) is 0 Å². The summed E-state index contributed by atoms with van der Waals surface area (Å²) in [6.45, 7) is 16.6. The molecule has 0 atom stereocenters. The van der Waals surface area contributed by atoms with Gasteiger partial charge >= 0.3 is 0 Å². The molecule has 0 N–H and O–H groups in total. The van der Waals surface area contributed by atoms with Crippen molar-refractivity contribution in [2.45, 2.75) is 59.3 Å². The highest BCUT2D eigenvalue weighted by atomic mass is 16.2. The van der Waals surface area contributed by atoms with E-state index in [2.05, 4.69) is 41.5 Å². The maximum absolute atomic E-state index is 12.0. The van der Waals surface area contributed by atoms with Crippen LogP contribution in [0.3, 0.4) is 0 Å². The summed E-state index contributed by atoms with van der Waals surface area (Å²) >= 11 is 0. The Kier molecular flexibility index (Phi) is 4.20. The molecule has 1 aromatic heterocycles. The highest BCUT2D eigenvalue weighted by Gasteiger charge is 2.30. The van der Waals surface area contributed by atoms with Crippen molar-refractivity contribution >= 4 is 11.7 Å². The molecule has 0 bridgehead atoms. The molecule has 0 unspecified atom stereocenters. The van der Waals surface area contributed by atoms with E-state index in [1.807, 2.05) is 22.8 Å². The topological polar surface area (TPSA) is 49.3 Å².